The van der Waals surface area contributed by atoms with Crippen molar-refractivity contribution in [1.82, 2.24) is 5.32 Å². The lowest BCUT2D eigenvalue weighted by Gasteiger charge is -2.18. The summed E-state index contributed by atoms with van der Waals surface area (Å²) in [5.41, 5.74) is 5.65. The molecule has 1 amide bonds. The zero-order valence-corrected chi connectivity index (χ0v) is 10.4. The summed E-state index contributed by atoms with van der Waals surface area (Å²) in [5, 5.41) is 2.84. The first kappa shape index (κ1) is 13.5. The lowest BCUT2D eigenvalue weighted by Crippen LogP contribution is -2.34. The summed E-state index contributed by atoms with van der Waals surface area (Å²) in [7, 11) is 0. The molecule has 94 valence electrons. The zero-order valence-electron chi connectivity index (χ0n) is 10.4. The van der Waals surface area contributed by atoms with Gasteiger partial charge in [-0.15, -0.1) is 0 Å². The maximum atomic E-state index is 11.4. The van der Waals surface area contributed by atoms with Crippen LogP contribution in [-0.2, 0) is 9.53 Å². The summed E-state index contributed by atoms with van der Waals surface area (Å²) in [6, 6.07) is 0. The quantitative estimate of drug-likeness (QED) is 0.710. The van der Waals surface area contributed by atoms with Gasteiger partial charge in [-0.2, -0.15) is 0 Å². The molecule has 0 heterocycles. The minimum absolute atomic E-state index is 0.0172. The predicted octanol–water partition coefficient (Wildman–Crippen LogP) is 0.903. The average Bonchev–Trinajstić information content (AvgIpc) is 2.70. The van der Waals surface area contributed by atoms with E-state index < -0.39 is 0 Å². The van der Waals surface area contributed by atoms with E-state index in [-0.39, 0.29) is 18.6 Å². The number of hydrogen-bond acceptors (Lipinski definition) is 3. The van der Waals surface area contributed by atoms with Crippen LogP contribution in [0.4, 0.5) is 0 Å². The second-order valence-electron chi connectivity index (χ2n) is 4.97. The van der Waals surface area contributed by atoms with Gasteiger partial charge < -0.3 is 15.8 Å². The summed E-state index contributed by atoms with van der Waals surface area (Å²) >= 11 is 0. The summed E-state index contributed by atoms with van der Waals surface area (Å²) < 4.78 is 5.61. The largest absolute Gasteiger partial charge is 0.368 e. The van der Waals surface area contributed by atoms with Crippen LogP contribution in [-0.4, -0.2) is 31.7 Å². The van der Waals surface area contributed by atoms with Crippen LogP contribution in [0.2, 0.25) is 0 Å². The van der Waals surface area contributed by atoms with Crippen molar-refractivity contribution in [3.63, 3.8) is 0 Å². The van der Waals surface area contributed by atoms with Crippen molar-refractivity contribution in [2.75, 3.05) is 19.7 Å². The second kappa shape index (κ2) is 6.86. The Morgan fingerprint density at radius 1 is 1.50 bits per heavy atom. The zero-order chi connectivity index (χ0) is 12.0. The molecule has 2 unspecified atom stereocenters. The lowest BCUT2D eigenvalue weighted by molar-refractivity contribution is -0.128. The minimum atomic E-state index is -0.0172. The Morgan fingerprint density at radius 2 is 2.25 bits per heavy atom. The van der Waals surface area contributed by atoms with E-state index in [1.807, 2.05) is 0 Å². The highest BCUT2D eigenvalue weighted by atomic mass is 16.5. The van der Waals surface area contributed by atoms with Crippen molar-refractivity contribution in [2.24, 2.45) is 17.6 Å². The summed E-state index contributed by atoms with van der Waals surface area (Å²) in [5.74, 6) is 0.904. The monoisotopic (exact) mass is 228 g/mol. The Kier molecular flexibility index (Phi) is 5.77. The van der Waals surface area contributed by atoms with Gasteiger partial charge in [0.2, 0.25) is 5.91 Å². The smallest absolute Gasteiger partial charge is 0.246 e. The highest BCUT2D eigenvalue weighted by Gasteiger charge is 2.27. The van der Waals surface area contributed by atoms with Gasteiger partial charge in [0, 0.05) is 6.54 Å². The van der Waals surface area contributed by atoms with Crippen LogP contribution in [0.25, 0.3) is 0 Å². The normalized spacial score (nSPS) is 25.0. The molecule has 0 aromatic heterocycles. The molecule has 16 heavy (non-hydrogen) atoms. The van der Waals surface area contributed by atoms with Crippen LogP contribution < -0.4 is 11.1 Å². The molecule has 1 aliphatic rings. The number of amides is 1. The fourth-order valence-electron chi connectivity index (χ4n) is 2.04. The van der Waals surface area contributed by atoms with E-state index in [0.29, 0.717) is 24.9 Å². The van der Waals surface area contributed by atoms with E-state index in [2.05, 4.69) is 19.2 Å². The van der Waals surface area contributed by atoms with Crippen molar-refractivity contribution < 1.29 is 9.53 Å². The maximum absolute atomic E-state index is 11.4. The molecule has 0 aromatic carbocycles. The van der Waals surface area contributed by atoms with Crippen LogP contribution in [0.3, 0.4) is 0 Å². The predicted molar refractivity (Wildman–Crippen MR) is 64.0 cm³/mol. The first-order valence-corrected chi connectivity index (χ1v) is 6.21. The number of nitrogens with two attached hydrogens (primary N) is 1. The third-order valence-electron chi connectivity index (χ3n) is 3.03. The molecule has 4 heteroatoms. The first-order chi connectivity index (χ1) is 7.63. The molecular weight excluding hydrogens is 204 g/mol. The molecule has 0 saturated heterocycles. The van der Waals surface area contributed by atoms with Crippen molar-refractivity contribution in [3.8, 4) is 0 Å². The standard InChI is InChI=1S/C12H24N2O2/c1-9(2)7-14-12(15)8-16-11-5-3-4-10(11)6-13/h9-11H,3-8,13H2,1-2H3,(H,14,15). The van der Waals surface area contributed by atoms with E-state index in [9.17, 15) is 4.79 Å². The molecule has 0 spiro atoms. The molecule has 0 bridgehead atoms. The summed E-state index contributed by atoms with van der Waals surface area (Å²) in [6.45, 7) is 5.70. The van der Waals surface area contributed by atoms with Gasteiger partial charge in [0.25, 0.3) is 0 Å². The van der Waals surface area contributed by atoms with Gasteiger partial charge in [-0.05, 0) is 31.2 Å². The van der Waals surface area contributed by atoms with Gasteiger partial charge >= 0.3 is 0 Å². The average molecular weight is 228 g/mol. The SMILES string of the molecule is CC(C)CNC(=O)COC1CCCC1CN. The molecule has 0 radical (unpaired) electrons. The molecule has 1 rings (SSSR count). The minimum Gasteiger partial charge on any atom is -0.368 e. The third-order valence-corrected chi connectivity index (χ3v) is 3.03. The highest BCUT2D eigenvalue weighted by molar-refractivity contribution is 5.77. The summed E-state index contributed by atoms with van der Waals surface area (Å²) in [6.07, 6.45) is 3.53. The molecule has 1 fully saturated rings. The Labute approximate surface area is 97.9 Å². The molecule has 1 aliphatic carbocycles. The lowest BCUT2D eigenvalue weighted by atomic mass is 10.1. The van der Waals surface area contributed by atoms with Crippen LogP contribution in [0.15, 0.2) is 0 Å². The fraction of sp³-hybridized carbons (Fsp3) is 0.917. The molecule has 2 atom stereocenters. The molecule has 4 nitrogen and oxygen atoms in total. The number of nitrogens with one attached hydrogen (secondary N) is 1. The van der Waals surface area contributed by atoms with Crippen LogP contribution >= 0.6 is 0 Å². The van der Waals surface area contributed by atoms with E-state index in [0.717, 1.165) is 12.8 Å². The van der Waals surface area contributed by atoms with Crippen LogP contribution in [0, 0.1) is 11.8 Å². The fourth-order valence-corrected chi connectivity index (χ4v) is 2.04. The van der Waals surface area contributed by atoms with Gasteiger partial charge in [0.15, 0.2) is 0 Å². The van der Waals surface area contributed by atoms with Gasteiger partial charge in [-0.25, -0.2) is 0 Å². The first-order valence-electron chi connectivity index (χ1n) is 6.21. The number of carbonyl (C=O) groups excluding carboxylic acids is 1. The Morgan fingerprint density at radius 3 is 2.88 bits per heavy atom. The van der Waals surface area contributed by atoms with E-state index in [1.54, 1.807) is 0 Å². The molecule has 0 aliphatic heterocycles. The third kappa shape index (κ3) is 4.49. The van der Waals surface area contributed by atoms with E-state index in [1.165, 1.54) is 6.42 Å². The van der Waals surface area contributed by atoms with Gasteiger partial charge in [0.05, 0.1) is 6.10 Å². The topological polar surface area (TPSA) is 64.3 Å². The molecular formula is C12H24N2O2. The number of carbonyl (C=O) groups is 1. The second-order valence-corrected chi connectivity index (χ2v) is 4.97. The van der Waals surface area contributed by atoms with Crippen molar-refractivity contribution in [1.29, 1.82) is 0 Å². The highest BCUT2D eigenvalue weighted by Crippen LogP contribution is 2.27. The number of ether oxygens (including phenoxy) is 1. The Hall–Kier alpha value is -0.610. The number of hydrogen-bond donors (Lipinski definition) is 2. The van der Waals surface area contributed by atoms with E-state index >= 15 is 0 Å². The van der Waals surface area contributed by atoms with Gasteiger partial charge in [0.1, 0.15) is 6.61 Å². The van der Waals surface area contributed by atoms with Crippen molar-refractivity contribution in [3.05, 3.63) is 0 Å². The van der Waals surface area contributed by atoms with Gasteiger partial charge in [-0.1, -0.05) is 20.3 Å². The van der Waals surface area contributed by atoms with E-state index in [4.69, 9.17) is 10.5 Å². The molecule has 3 N–H and O–H groups in total. The number of rotatable bonds is 6. The molecule has 0 aromatic rings. The van der Waals surface area contributed by atoms with Crippen LogP contribution in [0.1, 0.15) is 33.1 Å². The van der Waals surface area contributed by atoms with Gasteiger partial charge in [-0.3, -0.25) is 4.79 Å². The van der Waals surface area contributed by atoms with Crippen LogP contribution in [0.5, 0.6) is 0 Å². The van der Waals surface area contributed by atoms with Crippen molar-refractivity contribution in [2.45, 2.75) is 39.2 Å². The Balaban J connectivity index is 2.16. The maximum Gasteiger partial charge on any atom is 0.246 e. The molecule has 1 saturated carbocycles. The van der Waals surface area contributed by atoms with Crippen molar-refractivity contribution >= 4 is 5.91 Å². The summed E-state index contributed by atoms with van der Waals surface area (Å²) in [4.78, 5) is 11.4. The Bertz CT molecular complexity index is 219.